The van der Waals surface area contributed by atoms with Crippen molar-refractivity contribution in [3.8, 4) is 0 Å². The van der Waals surface area contributed by atoms with E-state index in [-0.39, 0.29) is 4.90 Å². The molecule has 1 saturated heterocycles. The Morgan fingerprint density at radius 1 is 1.50 bits per heavy atom. The lowest BCUT2D eigenvalue weighted by Gasteiger charge is -2.20. The molecule has 1 aromatic heterocycles. The molecular weight excluding hydrogens is 252 g/mol. The number of nitrogens with one attached hydrogen (secondary N) is 2. The monoisotopic (exact) mass is 272 g/mol. The van der Waals surface area contributed by atoms with Gasteiger partial charge in [0, 0.05) is 19.3 Å². The summed E-state index contributed by atoms with van der Waals surface area (Å²) < 4.78 is 26.3. The van der Waals surface area contributed by atoms with Crippen LogP contribution in [0.25, 0.3) is 0 Å². The van der Waals surface area contributed by atoms with Gasteiger partial charge in [0.15, 0.2) is 0 Å². The maximum atomic E-state index is 11.9. The summed E-state index contributed by atoms with van der Waals surface area (Å²) in [6, 6.07) is 0. The Morgan fingerprint density at radius 3 is 2.83 bits per heavy atom. The minimum Gasteiger partial charge on any atom is -0.303 e. The first-order valence-electron chi connectivity index (χ1n) is 6.29. The summed E-state index contributed by atoms with van der Waals surface area (Å²) in [4.78, 5) is 2.58. The van der Waals surface area contributed by atoms with E-state index in [9.17, 15) is 8.42 Å². The fourth-order valence-corrected chi connectivity index (χ4v) is 3.26. The standard InChI is InChI=1S/C11H20N4O2S/c1-10(9-15-4-2-3-5-15)6-14-18(16,17)11-7-12-13-8-11/h7-8,10,14H,2-6,9H2,1H3,(H,12,13). The van der Waals surface area contributed by atoms with Gasteiger partial charge >= 0.3 is 0 Å². The largest absolute Gasteiger partial charge is 0.303 e. The van der Waals surface area contributed by atoms with Crippen LogP contribution in [0.15, 0.2) is 17.3 Å². The lowest BCUT2D eigenvalue weighted by atomic mass is 10.2. The van der Waals surface area contributed by atoms with E-state index in [0.717, 1.165) is 19.6 Å². The van der Waals surface area contributed by atoms with E-state index in [2.05, 4.69) is 26.7 Å². The van der Waals surface area contributed by atoms with Crippen molar-refractivity contribution in [1.29, 1.82) is 0 Å². The molecule has 0 bridgehead atoms. The van der Waals surface area contributed by atoms with Crippen LogP contribution in [0.4, 0.5) is 0 Å². The first-order chi connectivity index (χ1) is 8.58. The van der Waals surface area contributed by atoms with E-state index >= 15 is 0 Å². The van der Waals surface area contributed by atoms with Crippen LogP contribution < -0.4 is 4.72 Å². The number of hydrogen-bond acceptors (Lipinski definition) is 4. The molecule has 2 N–H and O–H groups in total. The van der Waals surface area contributed by atoms with Gasteiger partial charge in [-0.1, -0.05) is 6.92 Å². The van der Waals surface area contributed by atoms with Crippen LogP contribution in [0.3, 0.4) is 0 Å². The molecule has 0 spiro atoms. The van der Waals surface area contributed by atoms with Crippen molar-refractivity contribution in [2.75, 3.05) is 26.2 Å². The van der Waals surface area contributed by atoms with E-state index < -0.39 is 10.0 Å². The van der Waals surface area contributed by atoms with Gasteiger partial charge in [-0.15, -0.1) is 0 Å². The van der Waals surface area contributed by atoms with Crippen LogP contribution in [0, 0.1) is 5.92 Å². The van der Waals surface area contributed by atoms with Crippen molar-refractivity contribution in [2.45, 2.75) is 24.7 Å². The summed E-state index contributed by atoms with van der Waals surface area (Å²) >= 11 is 0. The zero-order valence-corrected chi connectivity index (χ0v) is 11.4. The summed E-state index contributed by atoms with van der Waals surface area (Å²) in [6.45, 7) is 5.76. The van der Waals surface area contributed by atoms with Gasteiger partial charge < -0.3 is 4.90 Å². The Balaban J connectivity index is 1.80. The van der Waals surface area contributed by atoms with E-state index in [1.165, 1.54) is 25.2 Å². The topological polar surface area (TPSA) is 78.1 Å². The summed E-state index contributed by atoms with van der Waals surface area (Å²) in [5, 5.41) is 6.15. The first kappa shape index (κ1) is 13.5. The highest BCUT2D eigenvalue weighted by Gasteiger charge is 2.18. The minimum atomic E-state index is -3.41. The van der Waals surface area contributed by atoms with Gasteiger partial charge in [0.1, 0.15) is 4.90 Å². The van der Waals surface area contributed by atoms with Gasteiger partial charge in [-0.05, 0) is 31.8 Å². The number of aromatic amines is 1. The highest BCUT2D eigenvalue weighted by Crippen LogP contribution is 2.10. The molecule has 1 aromatic rings. The molecule has 0 amide bonds. The first-order valence-corrected chi connectivity index (χ1v) is 7.77. The number of sulfonamides is 1. The number of H-pyrrole nitrogens is 1. The lowest BCUT2D eigenvalue weighted by molar-refractivity contribution is 0.288. The van der Waals surface area contributed by atoms with E-state index in [1.54, 1.807) is 0 Å². The molecule has 7 heteroatoms. The van der Waals surface area contributed by atoms with Gasteiger partial charge in [-0.25, -0.2) is 13.1 Å². The third-order valence-corrected chi connectivity index (χ3v) is 4.56. The lowest BCUT2D eigenvalue weighted by Crippen LogP contribution is -2.34. The van der Waals surface area contributed by atoms with Crippen LogP contribution in [0.1, 0.15) is 19.8 Å². The molecule has 6 nitrogen and oxygen atoms in total. The smallest absolute Gasteiger partial charge is 0.243 e. The van der Waals surface area contributed by atoms with Crippen molar-refractivity contribution in [3.05, 3.63) is 12.4 Å². The maximum absolute atomic E-state index is 11.9. The molecule has 1 atom stereocenters. The summed E-state index contributed by atoms with van der Waals surface area (Å²) in [6.07, 6.45) is 5.21. The fraction of sp³-hybridized carbons (Fsp3) is 0.727. The molecule has 1 aliphatic heterocycles. The Hall–Kier alpha value is -0.920. The Kier molecular flexibility index (Phi) is 4.36. The zero-order valence-electron chi connectivity index (χ0n) is 10.6. The van der Waals surface area contributed by atoms with Crippen LogP contribution in [-0.4, -0.2) is 49.7 Å². The molecule has 102 valence electrons. The summed E-state index contributed by atoms with van der Waals surface area (Å²) in [7, 11) is -3.41. The predicted octanol–water partition coefficient (Wildman–Crippen LogP) is 0.420. The number of likely N-dealkylation sites (tertiary alicyclic amines) is 1. The summed E-state index contributed by atoms with van der Waals surface area (Å²) in [5.41, 5.74) is 0. The van der Waals surface area contributed by atoms with Crippen molar-refractivity contribution < 1.29 is 8.42 Å². The van der Waals surface area contributed by atoms with Gasteiger partial charge in [0.25, 0.3) is 0 Å². The number of nitrogens with zero attached hydrogens (tertiary/aromatic N) is 2. The second kappa shape index (κ2) is 5.81. The SMILES string of the molecule is CC(CNS(=O)(=O)c1cn[nH]c1)CN1CCCC1. The second-order valence-electron chi connectivity index (χ2n) is 4.90. The normalized spacial score (nSPS) is 19.2. The Bertz CT molecular complexity index is 451. The molecular formula is C11H20N4O2S. The van der Waals surface area contributed by atoms with Crippen molar-refractivity contribution >= 4 is 10.0 Å². The Morgan fingerprint density at radius 2 is 2.22 bits per heavy atom. The van der Waals surface area contributed by atoms with E-state index in [4.69, 9.17) is 0 Å². The van der Waals surface area contributed by atoms with Gasteiger partial charge in [-0.3, -0.25) is 5.10 Å². The highest BCUT2D eigenvalue weighted by molar-refractivity contribution is 7.89. The molecule has 2 rings (SSSR count). The fourth-order valence-electron chi connectivity index (χ4n) is 2.19. The second-order valence-corrected chi connectivity index (χ2v) is 6.67. The van der Waals surface area contributed by atoms with Crippen LogP contribution >= 0.6 is 0 Å². The zero-order chi connectivity index (χ0) is 13.0. The van der Waals surface area contributed by atoms with Crippen molar-refractivity contribution in [2.24, 2.45) is 5.92 Å². The molecule has 0 aromatic carbocycles. The summed E-state index contributed by atoms with van der Waals surface area (Å²) in [5.74, 6) is 0.310. The molecule has 0 radical (unpaired) electrons. The number of rotatable bonds is 6. The predicted molar refractivity (Wildman–Crippen MR) is 68.6 cm³/mol. The van der Waals surface area contributed by atoms with Crippen LogP contribution in [0.2, 0.25) is 0 Å². The molecule has 0 aliphatic carbocycles. The molecule has 1 fully saturated rings. The highest BCUT2D eigenvalue weighted by atomic mass is 32.2. The Labute approximate surface area is 108 Å². The van der Waals surface area contributed by atoms with Crippen LogP contribution in [-0.2, 0) is 10.0 Å². The van der Waals surface area contributed by atoms with E-state index in [1.807, 2.05) is 0 Å². The average molecular weight is 272 g/mol. The molecule has 1 aliphatic rings. The molecule has 18 heavy (non-hydrogen) atoms. The minimum absolute atomic E-state index is 0.191. The van der Waals surface area contributed by atoms with Gasteiger partial charge in [-0.2, -0.15) is 5.10 Å². The van der Waals surface area contributed by atoms with Crippen LogP contribution in [0.5, 0.6) is 0 Å². The third kappa shape index (κ3) is 3.54. The average Bonchev–Trinajstić information content (AvgIpc) is 2.99. The maximum Gasteiger partial charge on any atom is 0.243 e. The van der Waals surface area contributed by atoms with Crippen molar-refractivity contribution in [3.63, 3.8) is 0 Å². The quantitative estimate of drug-likeness (QED) is 0.787. The number of aromatic nitrogens is 2. The molecule has 0 saturated carbocycles. The molecule has 2 heterocycles. The number of hydrogen-bond donors (Lipinski definition) is 2. The third-order valence-electron chi connectivity index (χ3n) is 3.17. The van der Waals surface area contributed by atoms with Gasteiger partial charge in [0.05, 0.1) is 6.20 Å². The molecule has 1 unspecified atom stereocenters. The van der Waals surface area contributed by atoms with Crippen molar-refractivity contribution in [1.82, 2.24) is 19.8 Å². The van der Waals surface area contributed by atoms with Gasteiger partial charge in [0.2, 0.25) is 10.0 Å². The van der Waals surface area contributed by atoms with E-state index in [0.29, 0.717) is 12.5 Å².